The fourth-order valence-corrected chi connectivity index (χ4v) is 5.56. The third kappa shape index (κ3) is 4.07. The summed E-state index contributed by atoms with van der Waals surface area (Å²) in [5, 5.41) is 21.7. The van der Waals surface area contributed by atoms with Gasteiger partial charge in [-0.05, 0) is 73.0 Å². The number of hydrogen-bond donors (Lipinski definition) is 2. The number of hydrogen-bond acceptors (Lipinski definition) is 8. The number of thiazole rings is 1. The Morgan fingerprint density at radius 1 is 0.973 bits per heavy atom. The van der Waals surface area contributed by atoms with E-state index < -0.39 is 17.7 Å². The highest BCUT2D eigenvalue weighted by Crippen LogP contribution is 2.45. The van der Waals surface area contributed by atoms with E-state index in [4.69, 9.17) is 9.47 Å². The number of anilines is 1. The maximum absolute atomic E-state index is 13.5. The van der Waals surface area contributed by atoms with Crippen LogP contribution in [0, 0.1) is 13.8 Å². The third-order valence-electron chi connectivity index (χ3n) is 6.44. The zero-order valence-corrected chi connectivity index (χ0v) is 21.4. The van der Waals surface area contributed by atoms with Crippen LogP contribution in [0.2, 0.25) is 0 Å². The smallest absolute Gasteiger partial charge is 0.301 e. The van der Waals surface area contributed by atoms with Crippen LogP contribution in [0.15, 0.2) is 60.2 Å². The molecular weight excluding hydrogens is 492 g/mol. The second-order valence-corrected chi connectivity index (χ2v) is 9.74. The summed E-state index contributed by atoms with van der Waals surface area (Å²) >= 11 is 1.24. The topological polar surface area (TPSA) is 109 Å². The second kappa shape index (κ2) is 9.25. The molecule has 8 nitrogen and oxygen atoms in total. The van der Waals surface area contributed by atoms with E-state index in [1.54, 1.807) is 57.5 Å². The SMILES string of the molecule is COc1ccc2nc(N3C(=O)C(=O)/C(=C(/O)c4cc(C)c(OC)cc4C)C3c3ccc(O)cc3)sc2c1. The summed E-state index contributed by atoms with van der Waals surface area (Å²) in [6.07, 6.45) is 0. The molecule has 1 amide bonds. The molecule has 188 valence electrons. The maximum atomic E-state index is 13.5. The van der Waals surface area contributed by atoms with Gasteiger partial charge < -0.3 is 19.7 Å². The van der Waals surface area contributed by atoms with Crippen LogP contribution in [0.25, 0.3) is 16.0 Å². The van der Waals surface area contributed by atoms with Crippen LogP contribution in [-0.4, -0.2) is 41.1 Å². The number of rotatable bonds is 5. The van der Waals surface area contributed by atoms with Crippen molar-refractivity contribution < 1.29 is 29.3 Å². The first kappa shape index (κ1) is 24.3. The predicted molar refractivity (Wildman–Crippen MR) is 142 cm³/mol. The number of fused-ring (bicyclic) bond motifs is 1. The number of benzene rings is 3. The molecule has 0 bridgehead atoms. The largest absolute Gasteiger partial charge is 0.508 e. The van der Waals surface area contributed by atoms with Gasteiger partial charge in [0.05, 0.1) is 36.1 Å². The summed E-state index contributed by atoms with van der Waals surface area (Å²) < 4.78 is 11.5. The van der Waals surface area contributed by atoms with Gasteiger partial charge >= 0.3 is 5.91 Å². The van der Waals surface area contributed by atoms with Crippen LogP contribution in [0.5, 0.6) is 17.2 Å². The Morgan fingerprint density at radius 3 is 2.38 bits per heavy atom. The lowest BCUT2D eigenvalue weighted by molar-refractivity contribution is -0.132. The molecule has 0 radical (unpaired) electrons. The molecule has 0 aliphatic carbocycles. The first-order valence-electron chi connectivity index (χ1n) is 11.4. The lowest BCUT2D eigenvalue weighted by Gasteiger charge is -2.23. The fraction of sp³-hybridized carbons (Fsp3) is 0.179. The molecular formula is C28H24N2O6S. The molecule has 1 fully saturated rings. The number of aromatic hydroxyl groups is 1. The van der Waals surface area contributed by atoms with E-state index in [1.165, 1.54) is 28.4 Å². The number of phenols is 1. The van der Waals surface area contributed by atoms with Crippen molar-refractivity contribution in [2.45, 2.75) is 19.9 Å². The van der Waals surface area contributed by atoms with Crippen LogP contribution < -0.4 is 14.4 Å². The van der Waals surface area contributed by atoms with Crippen molar-refractivity contribution in [3.05, 3.63) is 82.4 Å². The lowest BCUT2D eigenvalue weighted by Crippen LogP contribution is -2.29. The zero-order valence-electron chi connectivity index (χ0n) is 20.6. The summed E-state index contributed by atoms with van der Waals surface area (Å²) in [5.74, 6) is -0.576. The minimum Gasteiger partial charge on any atom is -0.508 e. The van der Waals surface area contributed by atoms with Crippen LogP contribution in [-0.2, 0) is 9.59 Å². The van der Waals surface area contributed by atoms with Crippen molar-refractivity contribution in [1.29, 1.82) is 0 Å². The zero-order chi connectivity index (χ0) is 26.4. The summed E-state index contributed by atoms with van der Waals surface area (Å²) in [6.45, 7) is 3.63. The highest BCUT2D eigenvalue weighted by molar-refractivity contribution is 7.22. The highest BCUT2D eigenvalue weighted by atomic mass is 32.1. The molecule has 1 aromatic heterocycles. The molecule has 4 aromatic rings. The van der Waals surface area contributed by atoms with Gasteiger partial charge in [-0.3, -0.25) is 14.5 Å². The molecule has 1 unspecified atom stereocenters. The summed E-state index contributed by atoms with van der Waals surface area (Å²) in [4.78, 5) is 32.8. The minimum atomic E-state index is -0.954. The van der Waals surface area contributed by atoms with E-state index in [2.05, 4.69) is 4.98 Å². The number of phenolic OH excluding ortho intramolecular Hbond substituents is 1. The van der Waals surface area contributed by atoms with Crippen molar-refractivity contribution in [2.24, 2.45) is 0 Å². The van der Waals surface area contributed by atoms with Crippen molar-refractivity contribution in [3.63, 3.8) is 0 Å². The van der Waals surface area contributed by atoms with Gasteiger partial charge in [0.2, 0.25) is 0 Å². The Kier molecular flexibility index (Phi) is 6.08. The van der Waals surface area contributed by atoms with Gasteiger partial charge in [0.15, 0.2) is 5.13 Å². The monoisotopic (exact) mass is 516 g/mol. The van der Waals surface area contributed by atoms with Gasteiger partial charge in [0, 0.05) is 5.56 Å². The van der Waals surface area contributed by atoms with E-state index in [9.17, 15) is 19.8 Å². The Hall–Kier alpha value is -4.37. The fourth-order valence-electron chi connectivity index (χ4n) is 4.53. The number of nitrogens with zero attached hydrogens (tertiary/aromatic N) is 2. The van der Waals surface area contributed by atoms with Gasteiger partial charge in [-0.2, -0.15) is 0 Å². The number of Topliss-reactive ketones (excluding diaryl/α,β-unsaturated/α-hetero) is 1. The molecule has 1 aliphatic rings. The average Bonchev–Trinajstić information content (AvgIpc) is 3.42. The summed E-state index contributed by atoms with van der Waals surface area (Å²) in [5.41, 5.74) is 3.01. The first-order valence-corrected chi connectivity index (χ1v) is 12.2. The molecule has 2 heterocycles. The summed E-state index contributed by atoms with van der Waals surface area (Å²) in [7, 11) is 3.13. The first-order chi connectivity index (χ1) is 17.7. The normalized spacial score (nSPS) is 17.0. The number of aryl methyl sites for hydroxylation is 2. The van der Waals surface area contributed by atoms with Crippen molar-refractivity contribution in [1.82, 2.24) is 4.98 Å². The van der Waals surface area contributed by atoms with Gasteiger partial charge in [-0.15, -0.1) is 0 Å². The number of carbonyl (C=O) groups excluding carboxylic acids is 2. The minimum absolute atomic E-state index is 0.0365. The van der Waals surface area contributed by atoms with Gasteiger partial charge in [-0.25, -0.2) is 4.98 Å². The number of carbonyl (C=O) groups is 2. The van der Waals surface area contributed by atoms with Crippen LogP contribution in [0.3, 0.4) is 0 Å². The number of aliphatic hydroxyl groups is 1. The maximum Gasteiger partial charge on any atom is 0.301 e. The van der Waals surface area contributed by atoms with Gasteiger partial charge in [0.25, 0.3) is 5.78 Å². The Bertz CT molecular complexity index is 1590. The molecule has 1 saturated heterocycles. The third-order valence-corrected chi connectivity index (χ3v) is 7.46. The number of methoxy groups -OCH3 is 2. The summed E-state index contributed by atoms with van der Waals surface area (Å²) in [6, 6.07) is 14.1. The van der Waals surface area contributed by atoms with Crippen LogP contribution >= 0.6 is 11.3 Å². The number of aliphatic hydroxyl groups excluding tert-OH is 1. The molecule has 5 rings (SSSR count). The number of amides is 1. The molecule has 37 heavy (non-hydrogen) atoms. The Morgan fingerprint density at radius 2 is 1.70 bits per heavy atom. The lowest BCUT2D eigenvalue weighted by atomic mass is 9.93. The standard InChI is InChI=1S/C28H24N2O6S/c1-14-12-21(36-4)15(2)11-19(14)25(32)23-24(16-5-7-17(31)8-6-16)30(27(34)26(23)33)28-29-20-10-9-18(35-3)13-22(20)37-28/h5-13,24,31-32H,1-4H3/b25-23+. The molecule has 3 aromatic carbocycles. The molecule has 1 atom stereocenters. The van der Waals surface area contributed by atoms with E-state index in [0.717, 1.165) is 10.3 Å². The van der Waals surface area contributed by atoms with E-state index in [-0.39, 0.29) is 17.1 Å². The average molecular weight is 517 g/mol. The quantitative estimate of drug-likeness (QED) is 0.211. The Labute approximate surface area is 217 Å². The number of aromatic nitrogens is 1. The van der Waals surface area contributed by atoms with Gasteiger partial charge in [0.1, 0.15) is 23.0 Å². The molecule has 2 N–H and O–H groups in total. The van der Waals surface area contributed by atoms with Crippen molar-refractivity contribution in [2.75, 3.05) is 19.1 Å². The molecule has 9 heteroatoms. The van der Waals surface area contributed by atoms with E-state index >= 15 is 0 Å². The second-order valence-electron chi connectivity index (χ2n) is 8.73. The Balaban J connectivity index is 1.73. The van der Waals surface area contributed by atoms with Gasteiger partial charge in [-0.1, -0.05) is 23.5 Å². The number of ketones is 1. The van der Waals surface area contributed by atoms with Crippen LogP contribution in [0.1, 0.15) is 28.3 Å². The van der Waals surface area contributed by atoms with E-state index in [0.29, 0.717) is 38.8 Å². The molecule has 1 aliphatic heterocycles. The predicted octanol–water partition coefficient (Wildman–Crippen LogP) is 5.26. The van der Waals surface area contributed by atoms with Crippen molar-refractivity contribution >= 4 is 44.1 Å². The number of ether oxygens (including phenoxy) is 2. The van der Waals surface area contributed by atoms with Crippen LogP contribution in [0.4, 0.5) is 5.13 Å². The highest BCUT2D eigenvalue weighted by Gasteiger charge is 2.48. The van der Waals surface area contributed by atoms with E-state index in [1.807, 2.05) is 13.0 Å². The molecule has 0 saturated carbocycles. The van der Waals surface area contributed by atoms with Crippen molar-refractivity contribution in [3.8, 4) is 17.2 Å². The molecule has 0 spiro atoms.